The summed E-state index contributed by atoms with van der Waals surface area (Å²) in [6.45, 7) is 3.24. The molecule has 3 amide bonds. The van der Waals surface area contributed by atoms with Crippen molar-refractivity contribution in [2.24, 2.45) is 5.73 Å². The summed E-state index contributed by atoms with van der Waals surface area (Å²) in [6.07, 6.45) is -0.460. The van der Waals surface area contributed by atoms with E-state index in [0.717, 1.165) is 28.0 Å². The van der Waals surface area contributed by atoms with Crippen LogP contribution >= 0.6 is 11.6 Å². The average molecular weight is 515 g/mol. The molecular weight excluding hydrogens is 484 g/mol. The molecule has 3 rings (SSSR count). The highest BCUT2D eigenvalue weighted by Gasteiger charge is 2.26. The zero-order valence-corrected chi connectivity index (χ0v) is 21.1. The van der Waals surface area contributed by atoms with Gasteiger partial charge in [0.2, 0.25) is 11.8 Å². The van der Waals surface area contributed by atoms with E-state index in [1.807, 2.05) is 37.3 Å². The number of hydrogen-bond donors (Lipinski definition) is 4. The fraction of sp³-hybridized carbons (Fsp3) is 0.346. The Balaban J connectivity index is 1.61. The fourth-order valence-electron chi connectivity index (χ4n) is 3.99. The highest BCUT2D eigenvalue weighted by Crippen LogP contribution is 2.20. The number of carbonyl (C=O) groups excluding carboxylic acids is 3. The molecule has 0 bridgehead atoms. The number of hydrogen-bond acceptors (Lipinski definition) is 6. The van der Waals surface area contributed by atoms with Gasteiger partial charge in [0.25, 0.3) is 0 Å². The number of nitrogens with two attached hydrogens (primary N) is 1. The van der Waals surface area contributed by atoms with Gasteiger partial charge in [0.15, 0.2) is 0 Å². The van der Waals surface area contributed by atoms with Crippen LogP contribution < -0.4 is 26.4 Å². The van der Waals surface area contributed by atoms with Crippen molar-refractivity contribution in [3.05, 3.63) is 75.3 Å². The lowest BCUT2D eigenvalue weighted by molar-refractivity contribution is -0.123. The highest BCUT2D eigenvalue weighted by molar-refractivity contribution is 6.30. The van der Waals surface area contributed by atoms with Crippen LogP contribution in [0.25, 0.3) is 0 Å². The predicted molar refractivity (Wildman–Crippen MR) is 136 cm³/mol. The summed E-state index contributed by atoms with van der Waals surface area (Å²) in [7, 11) is 1.62. The molecule has 10 heteroatoms. The first kappa shape index (κ1) is 27.0. The van der Waals surface area contributed by atoms with Crippen molar-refractivity contribution < 1.29 is 23.9 Å². The predicted octanol–water partition coefficient (Wildman–Crippen LogP) is 2.60. The van der Waals surface area contributed by atoms with Gasteiger partial charge in [0.05, 0.1) is 20.1 Å². The fourth-order valence-corrected chi connectivity index (χ4v) is 4.19. The Hall–Kier alpha value is -3.56. The van der Waals surface area contributed by atoms with E-state index in [9.17, 15) is 14.4 Å². The normalized spacial score (nSPS) is 15.3. The molecule has 0 saturated heterocycles. The van der Waals surface area contributed by atoms with Crippen molar-refractivity contribution >= 4 is 29.5 Å². The molecule has 1 atom stereocenters. The maximum atomic E-state index is 12.8. The molecule has 192 valence electrons. The van der Waals surface area contributed by atoms with Gasteiger partial charge >= 0.3 is 6.09 Å². The van der Waals surface area contributed by atoms with Crippen LogP contribution in [0.2, 0.25) is 5.02 Å². The lowest BCUT2D eigenvalue weighted by Gasteiger charge is -2.28. The van der Waals surface area contributed by atoms with Crippen LogP contribution in [0.15, 0.2) is 53.6 Å². The minimum Gasteiger partial charge on any atom is -0.497 e. The summed E-state index contributed by atoms with van der Waals surface area (Å²) < 4.78 is 10.1. The van der Waals surface area contributed by atoms with E-state index < -0.39 is 6.09 Å². The third-order valence-electron chi connectivity index (χ3n) is 6.02. The van der Waals surface area contributed by atoms with E-state index in [4.69, 9.17) is 26.8 Å². The Bertz CT molecular complexity index is 1150. The molecular formula is C26H31ClN4O5. The number of carbonyl (C=O) groups is 3. The molecule has 1 unspecified atom stereocenters. The molecule has 2 aromatic rings. The number of methoxy groups -OCH3 is 1. The molecule has 1 aliphatic heterocycles. The van der Waals surface area contributed by atoms with E-state index >= 15 is 0 Å². The molecule has 0 aromatic heterocycles. The minimum absolute atomic E-state index is 0.0459. The van der Waals surface area contributed by atoms with E-state index in [1.54, 1.807) is 19.2 Å². The van der Waals surface area contributed by atoms with Crippen LogP contribution in [0.1, 0.15) is 30.0 Å². The van der Waals surface area contributed by atoms with E-state index in [-0.39, 0.29) is 37.4 Å². The number of nitrogens with one attached hydrogen (secondary N) is 3. The van der Waals surface area contributed by atoms with E-state index in [1.165, 1.54) is 0 Å². The Morgan fingerprint density at radius 1 is 1.17 bits per heavy atom. The van der Waals surface area contributed by atoms with Gasteiger partial charge in [-0.05, 0) is 53.5 Å². The molecule has 5 N–H and O–H groups in total. The van der Waals surface area contributed by atoms with Crippen LogP contribution in [0, 0.1) is 0 Å². The van der Waals surface area contributed by atoms with Crippen LogP contribution in [0.4, 0.5) is 4.79 Å². The summed E-state index contributed by atoms with van der Waals surface area (Å²) in [5.74, 6) is 0.250. The monoisotopic (exact) mass is 514 g/mol. The Labute approximate surface area is 215 Å². The molecule has 1 heterocycles. The number of benzene rings is 2. The Morgan fingerprint density at radius 3 is 2.72 bits per heavy atom. The summed E-state index contributed by atoms with van der Waals surface area (Å²) >= 11 is 6.13. The average Bonchev–Trinajstić information content (AvgIpc) is 2.85. The zero-order chi connectivity index (χ0) is 26.1. The first-order valence-corrected chi connectivity index (χ1v) is 11.9. The number of amides is 3. The van der Waals surface area contributed by atoms with Gasteiger partial charge in [-0.15, -0.1) is 0 Å². The van der Waals surface area contributed by atoms with Gasteiger partial charge in [0, 0.05) is 42.7 Å². The lowest BCUT2D eigenvalue weighted by Crippen LogP contribution is -2.47. The molecule has 2 aromatic carbocycles. The van der Waals surface area contributed by atoms with Gasteiger partial charge in [-0.2, -0.15) is 0 Å². The molecule has 0 aliphatic carbocycles. The van der Waals surface area contributed by atoms with Crippen LogP contribution in [-0.2, 0) is 33.8 Å². The maximum Gasteiger partial charge on any atom is 0.404 e. The van der Waals surface area contributed by atoms with Crippen molar-refractivity contribution in [1.29, 1.82) is 0 Å². The lowest BCUT2D eigenvalue weighted by atomic mass is 9.94. The van der Waals surface area contributed by atoms with Crippen molar-refractivity contribution in [2.45, 2.75) is 38.9 Å². The standard InChI is InChI=1S/C26H31ClN4O5/c1-16-22(25(33)31-15-23(16)29-13-17-4-3-5-21(10-17)35-2)12-24(32)30-14-19-11-20(27)7-6-18(19)8-9-36-26(28)34/h3-7,10-11,23,29H,8-9,12-15H2,1-2H3,(H2,28,34)(H,30,32)(H,31,33). The van der Waals surface area contributed by atoms with Crippen molar-refractivity contribution in [1.82, 2.24) is 16.0 Å². The third kappa shape index (κ3) is 7.73. The molecule has 0 saturated carbocycles. The molecule has 9 nitrogen and oxygen atoms in total. The topological polar surface area (TPSA) is 132 Å². The third-order valence-corrected chi connectivity index (χ3v) is 6.26. The first-order valence-electron chi connectivity index (χ1n) is 11.6. The van der Waals surface area contributed by atoms with Crippen LogP contribution in [0.3, 0.4) is 0 Å². The highest BCUT2D eigenvalue weighted by atomic mass is 35.5. The summed E-state index contributed by atoms with van der Waals surface area (Å²) in [6, 6.07) is 12.9. The van der Waals surface area contributed by atoms with E-state index in [2.05, 4.69) is 16.0 Å². The van der Waals surface area contributed by atoms with Crippen LogP contribution in [-0.4, -0.2) is 44.2 Å². The molecule has 1 aliphatic rings. The molecule has 0 fully saturated rings. The SMILES string of the molecule is COc1cccc(CNC2CNC(=O)C(CC(=O)NCc3cc(Cl)ccc3CCOC(N)=O)=C2C)c1. The number of ether oxygens (including phenoxy) is 2. The van der Waals surface area contributed by atoms with Crippen LogP contribution in [0.5, 0.6) is 5.75 Å². The van der Waals surface area contributed by atoms with Gasteiger partial charge < -0.3 is 31.2 Å². The number of halogens is 1. The zero-order valence-electron chi connectivity index (χ0n) is 20.4. The van der Waals surface area contributed by atoms with Gasteiger partial charge in [-0.1, -0.05) is 29.8 Å². The maximum absolute atomic E-state index is 12.8. The first-order chi connectivity index (χ1) is 17.3. The van der Waals surface area contributed by atoms with E-state index in [0.29, 0.717) is 30.1 Å². The summed E-state index contributed by atoms with van der Waals surface area (Å²) in [5.41, 5.74) is 9.01. The largest absolute Gasteiger partial charge is 0.497 e. The van der Waals surface area contributed by atoms with Crippen molar-refractivity contribution in [2.75, 3.05) is 20.3 Å². The molecule has 0 spiro atoms. The smallest absolute Gasteiger partial charge is 0.404 e. The molecule has 0 radical (unpaired) electrons. The second-order valence-electron chi connectivity index (χ2n) is 8.44. The second kappa shape index (κ2) is 12.9. The summed E-state index contributed by atoms with van der Waals surface area (Å²) in [5, 5.41) is 9.69. The number of primary amides is 1. The second-order valence-corrected chi connectivity index (χ2v) is 8.88. The minimum atomic E-state index is -0.843. The van der Waals surface area contributed by atoms with Crippen molar-refractivity contribution in [3.8, 4) is 5.75 Å². The quantitative estimate of drug-likeness (QED) is 0.364. The number of rotatable bonds is 11. The van der Waals surface area contributed by atoms with Gasteiger partial charge in [-0.25, -0.2) is 4.79 Å². The Kier molecular flexibility index (Phi) is 9.72. The summed E-state index contributed by atoms with van der Waals surface area (Å²) in [4.78, 5) is 36.1. The van der Waals surface area contributed by atoms with Crippen molar-refractivity contribution in [3.63, 3.8) is 0 Å². The van der Waals surface area contributed by atoms with Gasteiger partial charge in [-0.3, -0.25) is 9.59 Å². The van der Waals surface area contributed by atoms with Gasteiger partial charge in [0.1, 0.15) is 5.75 Å². The Morgan fingerprint density at radius 2 is 1.97 bits per heavy atom. The molecule has 36 heavy (non-hydrogen) atoms.